The normalized spacial score (nSPS) is 21.3. The van der Waals surface area contributed by atoms with Gasteiger partial charge in [-0.1, -0.05) is 48.7 Å². The second kappa shape index (κ2) is 9.29. The summed E-state index contributed by atoms with van der Waals surface area (Å²) in [7, 11) is 0. The van der Waals surface area contributed by atoms with E-state index in [1.807, 2.05) is 24.0 Å². The van der Waals surface area contributed by atoms with Gasteiger partial charge in [-0.05, 0) is 50.2 Å². The minimum absolute atomic E-state index is 0.167. The zero-order chi connectivity index (χ0) is 21.1. The number of hydrogen-bond acceptors (Lipinski definition) is 6. The number of nitrogens with zero attached hydrogens (tertiary/aromatic N) is 4. The molecule has 0 radical (unpaired) electrons. The number of likely N-dealkylation sites (tertiary alicyclic amines) is 1. The molecule has 1 aliphatic heterocycles. The van der Waals surface area contributed by atoms with Crippen LogP contribution in [-0.4, -0.2) is 44.5 Å². The molecule has 2 aliphatic rings. The highest BCUT2D eigenvalue weighted by Gasteiger charge is 2.32. The number of amides is 1. The number of ether oxygens (including phenoxy) is 1. The molecule has 1 amide bonds. The van der Waals surface area contributed by atoms with E-state index in [0.717, 1.165) is 36.7 Å². The quantitative estimate of drug-likeness (QED) is 0.560. The van der Waals surface area contributed by atoms with E-state index >= 15 is 0 Å². The standard InChI is InChI=1S/C22H31N5O2S/c1-15-7-8-19(16(2)11-15)29-13-20-24-25-22(27(20)23)30-14-21(28)26-10-9-17-5-3-4-6-18(17)12-26/h7-8,11,17-18H,3-6,9-10,12-14,23H2,1-2H3/t17-,18-/m1/s1. The van der Waals surface area contributed by atoms with Gasteiger partial charge in [0.2, 0.25) is 11.1 Å². The van der Waals surface area contributed by atoms with Crippen LogP contribution in [0.5, 0.6) is 5.75 Å². The number of carbonyl (C=O) groups excluding carboxylic acids is 1. The van der Waals surface area contributed by atoms with E-state index in [2.05, 4.69) is 23.2 Å². The van der Waals surface area contributed by atoms with Gasteiger partial charge in [-0.15, -0.1) is 10.2 Å². The first kappa shape index (κ1) is 21.0. The Balaban J connectivity index is 1.29. The first-order valence-electron chi connectivity index (χ1n) is 10.8. The largest absolute Gasteiger partial charge is 0.485 e. The lowest BCUT2D eigenvalue weighted by atomic mass is 9.75. The van der Waals surface area contributed by atoms with E-state index in [1.54, 1.807) is 0 Å². The molecule has 2 aromatic rings. The van der Waals surface area contributed by atoms with Crippen LogP contribution in [-0.2, 0) is 11.4 Å². The van der Waals surface area contributed by atoms with Gasteiger partial charge in [0.1, 0.15) is 12.4 Å². The number of aryl methyl sites for hydroxylation is 2. The third kappa shape index (κ3) is 4.74. The molecule has 1 aromatic heterocycles. The van der Waals surface area contributed by atoms with Crippen LogP contribution >= 0.6 is 11.8 Å². The monoisotopic (exact) mass is 429 g/mol. The van der Waals surface area contributed by atoms with Gasteiger partial charge in [0.05, 0.1) is 5.75 Å². The number of rotatable bonds is 6. The topological polar surface area (TPSA) is 86.3 Å². The second-order valence-electron chi connectivity index (χ2n) is 8.55. The SMILES string of the molecule is Cc1ccc(OCc2nnc(SCC(=O)N3CC[C@H]4CCCC[C@@H]4C3)n2N)c(C)c1. The van der Waals surface area contributed by atoms with Crippen LogP contribution in [0.25, 0.3) is 0 Å². The van der Waals surface area contributed by atoms with E-state index in [4.69, 9.17) is 10.6 Å². The summed E-state index contributed by atoms with van der Waals surface area (Å²) in [6, 6.07) is 6.04. The number of piperidine rings is 1. The van der Waals surface area contributed by atoms with Crippen molar-refractivity contribution in [1.29, 1.82) is 0 Å². The molecule has 0 spiro atoms. The zero-order valence-electron chi connectivity index (χ0n) is 17.8. The number of nitrogens with two attached hydrogens (primary N) is 1. The van der Waals surface area contributed by atoms with E-state index in [0.29, 0.717) is 22.7 Å². The minimum Gasteiger partial charge on any atom is -0.485 e. The Labute approximate surface area is 182 Å². The number of hydrogen-bond donors (Lipinski definition) is 1. The summed E-state index contributed by atoms with van der Waals surface area (Å²) in [5, 5.41) is 8.82. The van der Waals surface area contributed by atoms with Crippen LogP contribution in [0.2, 0.25) is 0 Å². The highest BCUT2D eigenvalue weighted by atomic mass is 32.2. The number of nitrogen functional groups attached to an aromatic ring is 1. The minimum atomic E-state index is 0.167. The summed E-state index contributed by atoms with van der Waals surface area (Å²) in [5.74, 6) is 9.50. The van der Waals surface area contributed by atoms with Gasteiger partial charge in [0.25, 0.3) is 0 Å². The van der Waals surface area contributed by atoms with Crippen molar-refractivity contribution in [2.24, 2.45) is 11.8 Å². The molecule has 0 unspecified atom stereocenters. The molecular formula is C22H31N5O2S. The van der Waals surface area contributed by atoms with Crippen molar-refractivity contribution in [2.45, 2.75) is 57.7 Å². The Kier molecular flexibility index (Phi) is 6.51. The van der Waals surface area contributed by atoms with E-state index < -0.39 is 0 Å². The fourth-order valence-electron chi connectivity index (χ4n) is 4.65. The Morgan fingerprint density at radius 2 is 2.00 bits per heavy atom. The van der Waals surface area contributed by atoms with Crippen molar-refractivity contribution in [1.82, 2.24) is 19.8 Å². The van der Waals surface area contributed by atoms with E-state index in [1.165, 1.54) is 47.7 Å². The van der Waals surface area contributed by atoms with Crippen molar-refractivity contribution >= 4 is 17.7 Å². The van der Waals surface area contributed by atoms with Crippen LogP contribution in [0, 0.1) is 25.7 Å². The molecule has 1 saturated carbocycles. The summed E-state index contributed by atoms with van der Waals surface area (Å²) in [6.07, 6.45) is 6.41. The van der Waals surface area contributed by atoms with Crippen LogP contribution in [0.1, 0.15) is 49.1 Å². The average molecular weight is 430 g/mol. The van der Waals surface area contributed by atoms with E-state index in [-0.39, 0.29) is 12.5 Å². The number of aromatic nitrogens is 3. The van der Waals surface area contributed by atoms with Crippen molar-refractivity contribution < 1.29 is 9.53 Å². The molecule has 2 atom stereocenters. The third-order valence-corrected chi connectivity index (χ3v) is 7.32. The molecule has 2 fully saturated rings. The van der Waals surface area contributed by atoms with Gasteiger partial charge in [-0.3, -0.25) is 4.79 Å². The number of thioether (sulfide) groups is 1. The lowest BCUT2D eigenvalue weighted by Crippen LogP contribution is -2.45. The fraction of sp³-hybridized carbons (Fsp3) is 0.591. The molecule has 1 aliphatic carbocycles. The number of benzene rings is 1. The molecule has 2 N–H and O–H groups in total. The molecule has 0 bridgehead atoms. The van der Waals surface area contributed by atoms with E-state index in [9.17, 15) is 4.79 Å². The first-order valence-corrected chi connectivity index (χ1v) is 11.8. The summed E-state index contributed by atoms with van der Waals surface area (Å²) < 4.78 is 7.28. The summed E-state index contributed by atoms with van der Waals surface area (Å²) >= 11 is 1.34. The predicted octanol–water partition coefficient (Wildman–Crippen LogP) is 3.32. The maximum atomic E-state index is 12.7. The molecule has 1 saturated heterocycles. The van der Waals surface area contributed by atoms with Crippen molar-refractivity contribution in [3.8, 4) is 5.75 Å². The molecule has 7 nitrogen and oxygen atoms in total. The Hall–Kier alpha value is -2.22. The van der Waals surface area contributed by atoms with Crippen LogP contribution in [0.4, 0.5) is 0 Å². The average Bonchev–Trinajstić information content (AvgIpc) is 3.10. The number of fused-ring (bicyclic) bond motifs is 1. The first-order chi connectivity index (χ1) is 14.5. The van der Waals surface area contributed by atoms with Gasteiger partial charge >= 0.3 is 0 Å². The van der Waals surface area contributed by atoms with Crippen LogP contribution in [0.3, 0.4) is 0 Å². The van der Waals surface area contributed by atoms with Crippen LogP contribution < -0.4 is 10.6 Å². The Morgan fingerprint density at radius 1 is 1.20 bits per heavy atom. The lowest BCUT2D eigenvalue weighted by Gasteiger charge is -2.41. The fourth-order valence-corrected chi connectivity index (χ4v) is 5.43. The summed E-state index contributed by atoms with van der Waals surface area (Å²) in [5.41, 5.74) is 2.26. The van der Waals surface area contributed by atoms with Gasteiger partial charge in [-0.25, -0.2) is 4.68 Å². The van der Waals surface area contributed by atoms with Crippen molar-refractivity contribution in [3.05, 3.63) is 35.2 Å². The molecule has 1 aromatic carbocycles. The van der Waals surface area contributed by atoms with Crippen LogP contribution in [0.15, 0.2) is 23.4 Å². The molecule has 30 heavy (non-hydrogen) atoms. The predicted molar refractivity (Wildman–Crippen MR) is 118 cm³/mol. The summed E-state index contributed by atoms with van der Waals surface area (Å²) in [6.45, 7) is 6.09. The maximum absolute atomic E-state index is 12.7. The highest BCUT2D eigenvalue weighted by molar-refractivity contribution is 7.99. The molecule has 4 rings (SSSR count). The van der Waals surface area contributed by atoms with Gasteiger partial charge in [0.15, 0.2) is 5.82 Å². The molecule has 8 heteroatoms. The van der Waals surface area contributed by atoms with Gasteiger partial charge in [-0.2, -0.15) is 0 Å². The van der Waals surface area contributed by atoms with Crippen molar-refractivity contribution in [2.75, 3.05) is 24.7 Å². The molecule has 162 valence electrons. The zero-order valence-corrected chi connectivity index (χ0v) is 18.7. The Bertz CT molecular complexity index is 900. The molecule has 2 heterocycles. The summed E-state index contributed by atoms with van der Waals surface area (Å²) in [4.78, 5) is 14.8. The van der Waals surface area contributed by atoms with Gasteiger partial charge < -0.3 is 15.5 Å². The second-order valence-corrected chi connectivity index (χ2v) is 9.49. The molecular weight excluding hydrogens is 398 g/mol. The lowest BCUT2D eigenvalue weighted by molar-refractivity contribution is -0.131. The smallest absolute Gasteiger partial charge is 0.233 e. The maximum Gasteiger partial charge on any atom is 0.233 e. The third-order valence-electron chi connectivity index (χ3n) is 6.39. The Morgan fingerprint density at radius 3 is 2.80 bits per heavy atom. The van der Waals surface area contributed by atoms with Gasteiger partial charge in [0, 0.05) is 13.1 Å². The van der Waals surface area contributed by atoms with Crippen molar-refractivity contribution in [3.63, 3.8) is 0 Å². The number of carbonyl (C=O) groups is 1. The highest BCUT2D eigenvalue weighted by Crippen LogP contribution is 2.36.